The molecule has 6 heteroatoms. The molecular formula is C20H18FN3O2. The Kier molecular flexibility index (Phi) is 4.50. The summed E-state index contributed by atoms with van der Waals surface area (Å²) in [6.45, 7) is 1.46. The normalized spacial score (nSPS) is 13.3. The molecule has 0 aliphatic carbocycles. The Balaban J connectivity index is 1.64. The molecule has 0 unspecified atom stereocenters. The maximum absolute atomic E-state index is 13.1. The Labute approximate surface area is 150 Å². The zero-order valence-electron chi connectivity index (χ0n) is 14.1. The van der Waals surface area contributed by atoms with Gasteiger partial charge in [0, 0.05) is 23.4 Å². The third-order valence-electron chi connectivity index (χ3n) is 4.39. The summed E-state index contributed by atoms with van der Waals surface area (Å²) in [6.07, 6.45) is 0.697. The van der Waals surface area contributed by atoms with Gasteiger partial charge in [-0.15, -0.1) is 0 Å². The quantitative estimate of drug-likeness (QED) is 0.784. The van der Waals surface area contributed by atoms with Gasteiger partial charge in [0.2, 0.25) is 0 Å². The summed E-state index contributed by atoms with van der Waals surface area (Å²) in [5.41, 5.74) is 3.85. The molecule has 1 aromatic heterocycles. The largest absolute Gasteiger partial charge is 0.376 e. The molecule has 2 aromatic carbocycles. The van der Waals surface area contributed by atoms with Crippen LogP contribution in [0.4, 0.5) is 10.1 Å². The van der Waals surface area contributed by atoms with Gasteiger partial charge in [-0.25, -0.2) is 4.39 Å². The van der Waals surface area contributed by atoms with Crippen LogP contribution in [0.2, 0.25) is 0 Å². The molecular weight excluding hydrogens is 333 g/mol. The second-order valence-corrected chi connectivity index (χ2v) is 6.18. The third-order valence-corrected chi connectivity index (χ3v) is 4.39. The summed E-state index contributed by atoms with van der Waals surface area (Å²) in [4.78, 5) is 12.7. The van der Waals surface area contributed by atoms with Crippen LogP contribution in [0.1, 0.15) is 27.3 Å². The highest BCUT2D eigenvalue weighted by Gasteiger charge is 2.25. The van der Waals surface area contributed by atoms with E-state index in [4.69, 9.17) is 4.74 Å². The average Bonchev–Trinajstić information content (AvgIpc) is 3.03. The number of ether oxygens (including phenoxy) is 1. The first-order valence-electron chi connectivity index (χ1n) is 8.48. The van der Waals surface area contributed by atoms with E-state index < -0.39 is 0 Å². The van der Waals surface area contributed by atoms with Crippen molar-refractivity contribution in [2.75, 3.05) is 11.9 Å². The van der Waals surface area contributed by atoms with Gasteiger partial charge in [0.25, 0.3) is 5.91 Å². The number of hydrogen-bond donors (Lipinski definition) is 1. The lowest BCUT2D eigenvalue weighted by molar-refractivity contribution is 0.0984. The summed E-state index contributed by atoms with van der Waals surface area (Å²) in [5, 5.41) is 7.41. The molecule has 0 radical (unpaired) electrons. The molecule has 1 amide bonds. The lowest BCUT2D eigenvalue weighted by Crippen LogP contribution is -2.17. The molecule has 1 aliphatic rings. The molecule has 0 atom stereocenters. The van der Waals surface area contributed by atoms with Gasteiger partial charge < -0.3 is 10.1 Å². The van der Waals surface area contributed by atoms with Gasteiger partial charge in [0.1, 0.15) is 5.82 Å². The highest BCUT2D eigenvalue weighted by atomic mass is 19.1. The molecule has 2 heterocycles. The molecule has 1 N–H and O–H groups in total. The smallest absolute Gasteiger partial charge is 0.276 e. The van der Waals surface area contributed by atoms with Crippen LogP contribution < -0.4 is 5.32 Å². The molecule has 0 bridgehead atoms. The van der Waals surface area contributed by atoms with E-state index in [9.17, 15) is 9.18 Å². The van der Waals surface area contributed by atoms with Crippen molar-refractivity contribution in [3.05, 3.63) is 82.9 Å². The maximum Gasteiger partial charge on any atom is 0.276 e. The summed E-state index contributed by atoms with van der Waals surface area (Å²) < 4.78 is 20.5. The maximum atomic E-state index is 13.1. The minimum absolute atomic E-state index is 0.254. The average molecular weight is 351 g/mol. The number of fused-ring (bicyclic) bond motifs is 1. The number of para-hydroxylation sites is 1. The SMILES string of the molecule is O=C(Nc1ccccc1)c1nn(Cc2ccc(F)cc2)c2c1COCC2. The van der Waals surface area contributed by atoms with Gasteiger partial charge in [-0.1, -0.05) is 30.3 Å². The predicted octanol–water partition coefficient (Wildman–Crippen LogP) is 3.40. The fourth-order valence-electron chi connectivity index (χ4n) is 3.10. The highest BCUT2D eigenvalue weighted by molar-refractivity contribution is 6.04. The van der Waals surface area contributed by atoms with E-state index in [2.05, 4.69) is 10.4 Å². The molecule has 3 aromatic rings. The van der Waals surface area contributed by atoms with Gasteiger partial charge in [-0.05, 0) is 29.8 Å². The van der Waals surface area contributed by atoms with Crippen LogP contribution in [0, 0.1) is 5.82 Å². The Morgan fingerprint density at radius 3 is 2.69 bits per heavy atom. The molecule has 0 saturated heterocycles. The van der Waals surface area contributed by atoms with E-state index in [1.807, 2.05) is 35.0 Å². The zero-order valence-corrected chi connectivity index (χ0v) is 14.1. The summed E-state index contributed by atoms with van der Waals surface area (Å²) in [6, 6.07) is 15.6. The minimum Gasteiger partial charge on any atom is -0.376 e. The van der Waals surface area contributed by atoms with Gasteiger partial charge >= 0.3 is 0 Å². The molecule has 132 valence electrons. The van der Waals surface area contributed by atoms with Crippen molar-refractivity contribution in [1.29, 1.82) is 0 Å². The van der Waals surface area contributed by atoms with Crippen molar-refractivity contribution in [3.8, 4) is 0 Å². The first-order valence-corrected chi connectivity index (χ1v) is 8.48. The van der Waals surface area contributed by atoms with Crippen molar-refractivity contribution in [1.82, 2.24) is 9.78 Å². The number of nitrogens with zero attached hydrogens (tertiary/aromatic N) is 2. The summed E-state index contributed by atoms with van der Waals surface area (Å²) in [7, 11) is 0. The number of hydrogen-bond acceptors (Lipinski definition) is 3. The standard InChI is InChI=1S/C20H18FN3O2/c21-15-8-6-14(7-9-15)12-24-18-10-11-26-13-17(18)19(23-24)20(25)22-16-4-2-1-3-5-16/h1-9H,10-13H2,(H,22,25). The lowest BCUT2D eigenvalue weighted by Gasteiger charge is -2.15. The third kappa shape index (κ3) is 3.36. The Hall–Kier alpha value is -2.99. The fourth-order valence-corrected chi connectivity index (χ4v) is 3.10. The molecule has 0 fully saturated rings. The van der Waals surface area contributed by atoms with Crippen LogP contribution >= 0.6 is 0 Å². The number of carbonyl (C=O) groups is 1. The Bertz CT molecular complexity index is 920. The molecule has 0 saturated carbocycles. The molecule has 0 spiro atoms. The Morgan fingerprint density at radius 2 is 1.92 bits per heavy atom. The predicted molar refractivity (Wildman–Crippen MR) is 95.5 cm³/mol. The summed E-state index contributed by atoms with van der Waals surface area (Å²) >= 11 is 0. The number of benzene rings is 2. The van der Waals surface area contributed by atoms with Crippen LogP contribution in [0.3, 0.4) is 0 Å². The second kappa shape index (κ2) is 7.09. The fraction of sp³-hybridized carbons (Fsp3) is 0.200. The minimum atomic E-state index is -0.271. The second-order valence-electron chi connectivity index (χ2n) is 6.18. The number of halogens is 1. The monoisotopic (exact) mass is 351 g/mol. The van der Waals surface area contributed by atoms with E-state index in [1.165, 1.54) is 12.1 Å². The van der Waals surface area contributed by atoms with E-state index in [1.54, 1.807) is 12.1 Å². The topological polar surface area (TPSA) is 56.2 Å². The van der Waals surface area contributed by atoms with E-state index in [0.717, 1.165) is 22.5 Å². The number of anilines is 1. The molecule has 4 rings (SSSR count). The van der Waals surface area contributed by atoms with Gasteiger partial charge in [-0.3, -0.25) is 9.48 Å². The van der Waals surface area contributed by atoms with E-state index in [-0.39, 0.29) is 11.7 Å². The van der Waals surface area contributed by atoms with Crippen molar-refractivity contribution < 1.29 is 13.9 Å². The van der Waals surface area contributed by atoms with Crippen LogP contribution in [0.25, 0.3) is 0 Å². The van der Waals surface area contributed by atoms with E-state index >= 15 is 0 Å². The van der Waals surface area contributed by atoms with Crippen LogP contribution in [-0.2, 0) is 24.3 Å². The first-order chi connectivity index (χ1) is 12.7. The van der Waals surface area contributed by atoms with Crippen LogP contribution in [0.5, 0.6) is 0 Å². The van der Waals surface area contributed by atoms with Crippen LogP contribution in [0.15, 0.2) is 54.6 Å². The number of nitrogens with one attached hydrogen (secondary N) is 1. The van der Waals surface area contributed by atoms with Gasteiger partial charge in [-0.2, -0.15) is 5.10 Å². The number of amides is 1. The van der Waals surface area contributed by atoms with Crippen molar-refractivity contribution in [2.24, 2.45) is 0 Å². The zero-order chi connectivity index (χ0) is 17.9. The van der Waals surface area contributed by atoms with Crippen molar-refractivity contribution in [2.45, 2.75) is 19.6 Å². The lowest BCUT2D eigenvalue weighted by atomic mass is 10.1. The van der Waals surface area contributed by atoms with E-state index in [0.29, 0.717) is 31.9 Å². The number of rotatable bonds is 4. The Morgan fingerprint density at radius 1 is 1.15 bits per heavy atom. The molecule has 1 aliphatic heterocycles. The number of aromatic nitrogens is 2. The summed E-state index contributed by atoms with van der Waals surface area (Å²) in [5.74, 6) is -0.525. The molecule has 26 heavy (non-hydrogen) atoms. The van der Waals surface area contributed by atoms with Crippen molar-refractivity contribution >= 4 is 11.6 Å². The van der Waals surface area contributed by atoms with Gasteiger partial charge in [0.15, 0.2) is 5.69 Å². The van der Waals surface area contributed by atoms with Gasteiger partial charge in [0.05, 0.1) is 19.8 Å². The highest BCUT2D eigenvalue weighted by Crippen LogP contribution is 2.23. The van der Waals surface area contributed by atoms with Crippen molar-refractivity contribution in [3.63, 3.8) is 0 Å². The first kappa shape index (κ1) is 16.5. The molecule has 5 nitrogen and oxygen atoms in total. The number of carbonyl (C=O) groups excluding carboxylic acids is 1. The van der Waals surface area contributed by atoms with Crippen LogP contribution in [-0.4, -0.2) is 22.3 Å².